The summed E-state index contributed by atoms with van der Waals surface area (Å²) in [6.07, 6.45) is 7.75. The van der Waals surface area contributed by atoms with E-state index in [9.17, 15) is 4.57 Å². The van der Waals surface area contributed by atoms with Gasteiger partial charge < -0.3 is 9.05 Å². The topological polar surface area (TPSA) is 35.5 Å². The van der Waals surface area contributed by atoms with Gasteiger partial charge >= 0.3 is 7.60 Å². The van der Waals surface area contributed by atoms with Crippen molar-refractivity contribution in [2.24, 2.45) is 0 Å². The van der Waals surface area contributed by atoms with Crippen LogP contribution in [-0.4, -0.2) is 19.4 Å². The predicted molar refractivity (Wildman–Crippen MR) is 69.1 cm³/mol. The summed E-state index contributed by atoms with van der Waals surface area (Å²) in [5.41, 5.74) is 0. The van der Waals surface area contributed by atoms with Crippen LogP contribution in [-0.2, 0) is 13.6 Å². The lowest BCUT2D eigenvalue weighted by atomic mass is 10.1. The van der Waals surface area contributed by atoms with Crippen LogP contribution >= 0.6 is 7.60 Å². The quantitative estimate of drug-likeness (QED) is 0.396. The van der Waals surface area contributed by atoms with Crippen molar-refractivity contribution in [2.45, 2.75) is 59.3 Å². The van der Waals surface area contributed by atoms with Crippen molar-refractivity contribution < 1.29 is 13.6 Å². The minimum absolute atomic E-state index is 0.460. The van der Waals surface area contributed by atoms with Crippen LogP contribution in [0.5, 0.6) is 0 Å². The van der Waals surface area contributed by atoms with E-state index in [1.807, 2.05) is 13.8 Å². The minimum Gasteiger partial charge on any atom is -0.309 e. The van der Waals surface area contributed by atoms with E-state index in [1.54, 1.807) is 0 Å². The van der Waals surface area contributed by atoms with E-state index in [4.69, 9.17) is 9.05 Å². The van der Waals surface area contributed by atoms with Gasteiger partial charge in [-0.3, -0.25) is 4.57 Å². The molecule has 0 aliphatic heterocycles. The normalized spacial score (nSPS) is 14.9. The van der Waals surface area contributed by atoms with Crippen molar-refractivity contribution >= 4 is 7.60 Å². The van der Waals surface area contributed by atoms with Gasteiger partial charge in [0.15, 0.2) is 0 Å². The Morgan fingerprint density at radius 2 is 1.50 bits per heavy atom. The van der Waals surface area contributed by atoms with E-state index < -0.39 is 7.60 Å². The summed E-state index contributed by atoms with van der Waals surface area (Å²) in [4.78, 5) is 0. The molecule has 16 heavy (non-hydrogen) atoms. The van der Waals surface area contributed by atoms with E-state index in [2.05, 4.69) is 6.92 Å². The Kier molecular flexibility index (Phi) is 10.4. The summed E-state index contributed by atoms with van der Waals surface area (Å²) in [6, 6.07) is 0. The van der Waals surface area contributed by atoms with Gasteiger partial charge in [0.2, 0.25) is 0 Å². The predicted octanol–water partition coefficient (Wildman–Crippen LogP) is 4.61. The Labute approximate surface area is 100 Å². The van der Waals surface area contributed by atoms with Gasteiger partial charge in [0.05, 0.1) is 13.2 Å². The molecule has 0 radical (unpaired) electrons. The largest absolute Gasteiger partial charge is 0.330 e. The average molecular weight is 250 g/mol. The molecule has 0 N–H and O–H groups in total. The highest BCUT2D eigenvalue weighted by Crippen LogP contribution is 2.47. The van der Waals surface area contributed by atoms with Crippen molar-refractivity contribution in [2.75, 3.05) is 19.4 Å². The molecule has 0 aromatic heterocycles. The molecule has 0 heterocycles. The zero-order chi connectivity index (χ0) is 12.3. The molecule has 0 amide bonds. The van der Waals surface area contributed by atoms with Crippen LogP contribution in [0.1, 0.15) is 59.3 Å². The van der Waals surface area contributed by atoms with Crippen LogP contribution in [0.4, 0.5) is 0 Å². The fourth-order valence-corrected chi connectivity index (χ4v) is 2.74. The molecule has 1 unspecified atom stereocenters. The highest BCUT2D eigenvalue weighted by molar-refractivity contribution is 7.53. The third-order valence-electron chi connectivity index (χ3n) is 2.50. The van der Waals surface area contributed by atoms with E-state index in [1.165, 1.54) is 25.7 Å². The highest BCUT2D eigenvalue weighted by atomic mass is 31.2. The first kappa shape index (κ1) is 16.1. The van der Waals surface area contributed by atoms with Crippen LogP contribution in [0, 0.1) is 0 Å². The molecule has 0 bridgehead atoms. The summed E-state index contributed by atoms with van der Waals surface area (Å²) in [7, 11) is -2.76. The van der Waals surface area contributed by atoms with E-state index >= 15 is 0 Å². The number of rotatable bonds is 11. The molecule has 0 saturated heterocycles. The fraction of sp³-hybridized carbons (Fsp3) is 1.00. The molecule has 0 aromatic rings. The van der Waals surface area contributed by atoms with Crippen molar-refractivity contribution in [1.82, 2.24) is 0 Å². The van der Waals surface area contributed by atoms with Gasteiger partial charge in [0.1, 0.15) is 0 Å². The van der Waals surface area contributed by atoms with Gasteiger partial charge in [-0.15, -0.1) is 0 Å². The molecule has 0 saturated carbocycles. The van der Waals surface area contributed by atoms with Crippen molar-refractivity contribution in [3.05, 3.63) is 0 Å². The molecule has 1 atom stereocenters. The van der Waals surface area contributed by atoms with E-state index in [-0.39, 0.29) is 0 Å². The van der Waals surface area contributed by atoms with Gasteiger partial charge in [-0.25, -0.2) is 0 Å². The number of hydrogen-bond donors (Lipinski definition) is 0. The van der Waals surface area contributed by atoms with Gasteiger partial charge in [0.25, 0.3) is 0 Å². The second-order valence-electron chi connectivity index (χ2n) is 3.95. The summed E-state index contributed by atoms with van der Waals surface area (Å²) in [6.45, 7) is 6.93. The highest BCUT2D eigenvalue weighted by Gasteiger charge is 2.20. The van der Waals surface area contributed by atoms with Crippen molar-refractivity contribution in [3.63, 3.8) is 0 Å². The van der Waals surface area contributed by atoms with Gasteiger partial charge in [-0.05, 0) is 13.3 Å². The SMILES string of the molecule is CCCCCCCCOP(=O)(CC)OCC. The van der Waals surface area contributed by atoms with Crippen molar-refractivity contribution in [3.8, 4) is 0 Å². The zero-order valence-corrected chi connectivity index (χ0v) is 11.9. The molecule has 3 nitrogen and oxygen atoms in total. The molecule has 0 aliphatic rings. The lowest BCUT2D eigenvalue weighted by Gasteiger charge is -2.15. The summed E-state index contributed by atoms with van der Waals surface area (Å²) < 4.78 is 22.4. The zero-order valence-electron chi connectivity index (χ0n) is 11.0. The summed E-state index contributed by atoms with van der Waals surface area (Å²) in [5, 5.41) is 0. The monoisotopic (exact) mass is 250 g/mol. The molecule has 98 valence electrons. The molecular weight excluding hydrogens is 223 g/mol. The molecule has 0 fully saturated rings. The Balaban J connectivity index is 3.45. The van der Waals surface area contributed by atoms with E-state index in [0.717, 1.165) is 12.8 Å². The first-order valence-electron chi connectivity index (χ1n) is 6.56. The van der Waals surface area contributed by atoms with Crippen LogP contribution in [0.25, 0.3) is 0 Å². The first-order chi connectivity index (χ1) is 7.68. The van der Waals surface area contributed by atoms with Crippen LogP contribution in [0.15, 0.2) is 0 Å². The number of hydrogen-bond acceptors (Lipinski definition) is 3. The Bertz CT molecular complexity index is 195. The second-order valence-corrected chi connectivity index (χ2v) is 6.32. The standard InChI is InChI=1S/C12H27O3P/c1-4-7-8-9-10-11-12-15-16(13,6-3)14-5-2/h4-12H2,1-3H3. The lowest BCUT2D eigenvalue weighted by Crippen LogP contribution is -1.99. The third-order valence-corrected chi connectivity index (χ3v) is 4.50. The van der Waals surface area contributed by atoms with Gasteiger partial charge in [-0.2, -0.15) is 0 Å². The number of unbranched alkanes of at least 4 members (excludes halogenated alkanes) is 5. The van der Waals surface area contributed by atoms with Crippen LogP contribution in [0.3, 0.4) is 0 Å². The molecule has 4 heteroatoms. The molecule has 0 aliphatic carbocycles. The van der Waals surface area contributed by atoms with Crippen LogP contribution in [0.2, 0.25) is 0 Å². The maximum atomic E-state index is 11.9. The lowest BCUT2D eigenvalue weighted by molar-refractivity contribution is 0.209. The fourth-order valence-electron chi connectivity index (χ4n) is 1.50. The maximum Gasteiger partial charge on any atom is 0.330 e. The van der Waals surface area contributed by atoms with Crippen molar-refractivity contribution in [1.29, 1.82) is 0 Å². The Hall–Kier alpha value is 0.150. The Morgan fingerprint density at radius 3 is 2.06 bits per heavy atom. The Morgan fingerprint density at radius 1 is 0.875 bits per heavy atom. The average Bonchev–Trinajstić information content (AvgIpc) is 2.28. The molecule has 0 rings (SSSR count). The summed E-state index contributed by atoms with van der Waals surface area (Å²) in [5.74, 6) is 0. The maximum absolute atomic E-state index is 11.9. The summed E-state index contributed by atoms with van der Waals surface area (Å²) >= 11 is 0. The van der Waals surface area contributed by atoms with Gasteiger partial charge in [0, 0.05) is 6.16 Å². The minimum atomic E-state index is -2.76. The molecule has 0 spiro atoms. The van der Waals surface area contributed by atoms with Gasteiger partial charge in [-0.1, -0.05) is 46.0 Å². The smallest absolute Gasteiger partial charge is 0.309 e. The third kappa shape index (κ3) is 8.32. The molecule has 0 aromatic carbocycles. The molecular formula is C12H27O3P. The first-order valence-corrected chi connectivity index (χ1v) is 8.29. The second kappa shape index (κ2) is 10.3. The van der Waals surface area contributed by atoms with E-state index in [0.29, 0.717) is 19.4 Å². The van der Waals surface area contributed by atoms with Crippen LogP contribution < -0.4 is 0 Å².